The lowest BCUT2D eigenvalue weighted by atomic mass is 9.87. The Morgan fingerprint density at radius 3 is 2.59 bits per heavy atom. The first-order valence-corrected chi connectivity index (χ1v) is 11.9. The van der Waals surface area contributed by atoms with Crippen molar-refractivity contribution in [3.05, 3.63) is 64.8 Å². The second-order valence-corrected chi connectivity index (χ2v) is 10.2. The van der Waals surface area contributed by atoms with Gasteiger partial charge in [0.15, 0.2) is 9.84 Å². The van der Waals surface area contributed by atoms with Crippen LogP contribution in [0.25, 0.3) is 10.9 Å². The predicted octanol–water partition coefficient (Wildman–Crippen LogP) is 4.19. The van der Waals surface area contributed by atoms with Gasteiger partial charge in [-0.2, -0.15) is 0 Å². The van der Waals surface area contributed by atoms with Crippen LogP contribution in [0, 0.1) is 5.92 Å². The maximum atomic E-state index is 12.8. The van der Waals surface area contributed by atoms with Crippen molar-refractivity contribution in [3.63, 3.8) is 0 Å². The summed E-state index contributed by atoms with van der Waals surface area (Å²) in [7, 11) is -3.23. The molecule has 0 radical (unpaired) electrons. The zero-order valence-corrected chi connectivity index (χ0v) is 17.8. The summed E-state index contributed by atoms with van der Waals surface area (Å²) in [5.41, 5.74) is 5.23. The number of carbonyl (C=O) groups excluding carboxylic acids is 1. The lowest BCUT2D eigenvalue weighted by Gasteiger charge is -2.18. The molecular formula is C23H26N2O3S. The van der Waals surface area contributed by atoms with Crippen LogP contribution in [0.2, 0.25) is 0 Å². The monoisotopic (exact) mass is 410 g/mol. The number of nitrogens with one attached hydrogen (secondary N) is 2. The Hall–Kier alpha value is -2.60. The zero-order chi connectivity index (χ0) is 20.8. The van der Waals surface area contributed by atoms with Crippen LogP contribution in [0.5, 0.6) is 0 Å². The molecule has 0 unspecified atom stereocenters. The first-order chi connectivity index (χ1) is 13.7. The van der Waals surface area contributed by atoms with E-state index in [1.807, 2.05) is 25.1 Å². The molecule has 1 heterocycles. The van der Waals surface area contributed by atoms with Gasteiger partial charge in [0.1, 0.15) is 0 Å². The van der Waals surface area contributed by atoms with Gasteiger partial charge in [0, 0.05) is 28.4 Å². The largest absolute Gasteiger partial charge is 0.358 e. The molecule has 1 amide bonds. The molecule has 0 aliphatic heterocycles. The fraction of sp³-hybridized carbons (Fsp3) is 0.348. The van der Waals surface area contributed by atoms with E-state index in [9.17, 15) is 13.2 Å². The molecule has 29 heavy (non-hydrogen) atoms. The molecule has 6 heteroatoms. The highest BCUT2D eigenvalue weighted by atomic mass is 32.2. The standard InChI is InChI=1S/C23H26N2O3S/c1-14-4-10-21-19(12-14)20-13-17(7-11-22(20)25-21)23(26)24-15(2)16-5-8-18(9-6-16)29(3,27)28/h5-9,11,13-15,25H,4,10,12H2,1-3H3,(H,24,26)/t14-,15-/m1/s1. The van der Waals surface area contributed by atoms with Crippen LogP contribution >= 0.6 is 0 Å². The molecule has 1 aliphatic rings. The molecule has 1 aliphatic carbocycles. The first kappa shape index (κ1) is 19.7. The van der Waals surface area contributed by atoms with E-state index in [0.717, 1.165) is 29.3 Å². The Balaban J connectivity index is 1.55. The minimum atomic E-state index is -3.23. The summed E-state index contributed by atoms with van der Waals surface area (Å²) in [6.07, 6.45) is 4.49. The number of benzene rings is 2. The summed E-state index contributed by atoms with van der Waals surface area (Å²) in [5.74, 6) is 0.527. The van der Waals surface area contributed by atoms with Crippen LogP contribution in [0.15, 0.2) is 47.4 Å². The smallest absolute Gasteiger partial charge is 0.251 e. The van der Waals surface area contributed by atoms with Crippen LogP contribution in [0.1, 0.15) is 53.5 Å². The van der Waals surface area contributed by atoms with Gasteiger partial charge in [0.05, 0.1) is 10.9 Å². The predicted molar refractivity (Wildman–Crippen MR) is 115 cm³/mol. The van der Waals surface area contributed by atoms with Crippen molar-refractivity contribution in [1.82, 2.24) is 10.3 Å². The van der Waals surface area contributed by atoms with Gasteiger partial charge < -0.3 is 10.3 Å². The number of rotatable bonds is 4. The highest BCUT2D eigenvalue weighted by molar-refractivity contribution is 7.90. The number of aryl methyl sites for hydroxylation is 1. The molecule has 0 bridgehead atoms. The van der Waals surface area contributed by atoms with Gasteiger partial charge in [-0.15, -0.1) is 0 Å². The number of fused-ring (bicyclic) bond motifs is 3. The molecule has 0 saturated carbocycles. The topological polar surface area (TPSA) is 79.0 Å². The maximum Gasteiger partial charge on any atom is 0.251 e. The van der Waals surface area contributed by atoms with Crippen molar-refractivity contribution < 1.29 is 13.2 Å². The minimum Gasteiger partial charge on any atom is -0.358 e. The Kier molecular flexibility index (Phi) is 4.99. The number of sulfone groups is 1. The van der Waals surface area contributed by atoms with Crippen molar-refractivity contribution in [2.75, 3.05) is 6.26 Å². The quantitative estimate of drug-likeness (QED) is 0.677. The molecule has 4 rings (SSSR count). The second-order valence-electron chi connectivity index (χ2n) is 8.23. The zero-order valence-electron chi connectivity index (χ0n) is 17.0. The van der Waals surface area contributed by atoms with Gasteiger partial charge >= 0.3 is 0 Å². The molecular weight excluding hydrogens is 384 g/mol. The summed E-state index contributed by atoms with van der Waals surface area (Å²) in [6.45, 7) is 4.17. The van der Waals surface area contributed by atoms with Gasteiger partial charge in [0.25, 0.3) is 5.91 Å². The third-order valence-electron chi connectivity index (χ3n) is 5.85. The van der Waals surface area contributed by atoms with Crippen LogP contribution in [0.3, 0.4) is 0 Å². The average Bonchev–Trinajstić information content (AvgIpc) is 3.04. The number of carbonyl (C=O) groups is 1. The Labute approximate surface area is 171 Å². The summed E-state index contributed by atoms with van der Waals surface area (Å²) < 4.78 is 23.2. The van der Waals surface area contributed by atoms with Gasteiger partial charge in [0.2, 0.25) is 0 Å². The van der Waals surface area contributed by atoms with E-state index < -0.39 is 9.84 Å². The Morgan fingerprint density at radius 2 is 1.90 bits per heavy atom. The Morgan fingerprint density at radius 1 is 1.17 bits per heavy atom. The number of hydrogen-bond donors (Lipinski definition) is 2. The summed E-state index contributed by atoms with van der Waals surface area (Å²) >= 11 is 0. The molecule has 1 aromatic heterocycles. The number of H-pyrrole nitrogens is 1. The van der Waals surface area contributed by atoms with E-state index in [2.05, 4.69) is 17.2 Å². The molecule has 0 spiro atoms. The van der Waals surface area contributed by atoms with E-state index in [-0.39, 0.29) is 16.8 Å². The normalized spacial score (nSPS) is 17.7. The van der Waals surface area contributed by atoms with Gasteiger partial charge in [-0.05, 0) is 73.6 Å². The molecule has 2 atom stereocenters. The third-order valence-corrected chi connectivity index (χ3v) is 6.98. The van der Waals surface area contributed by atoms with Crippen molar-refractivity contribution in [3.8, 4) is 0 Å². The molecule has 5 nitrogen and oxygen atoms in total. The molecule has 152 valence electrons. The van der Waals surface area contributed by atoms with E-state index >= 15 is 0 Å². The lowest BCUT2D eigenvalue weighted by molar-refractivity contribution is 0.0940. The number of aromatic nitrogens is 1. The highest BCUT2D eigenvalue weighted by Gasteiger charge is 2.21. The van der Waals surface area contributed by atoms with Crippen LogP contribution in [-0.2, 0) is 22.7 Å². The molecule has 0 fully saturated rings. The maximum absolute atomic E-state index is 12.8. The first-order valence-electron chi connectivity index (χ1n) is 9.96. The summed E-state index contributed by atoms with van der Waals surface area (Å²) in [4.78, 5) is 16.6. The van der Waals surface area contributed by atoms with E-state index in [1.54, 1.807) is 24.3 Å². The number of hydrogen-bond acceptors (Lipinski definition) is 3. The van der Waals surface area contributed by atoms with Gasteiger partial charge in [-0.25, -0.2) is 8.42 Å². The third kappa shape index (κ3) is 3.94. The van der Waals surface area contributed by atoms with E-state index in [0.29, 0.717) is 11.5 Å². The van der Waals surface area contributed by atoms with Crippen LogP contribution in [0.4, 0.5) is 0 Å². The van der Waals surface area contributed by atoms with Crippen molar-refractivity contribution >= 4 is 26.6 Å². The van der Waals surface area contributed by atoms with Gasteiger partial charge in [-0.1, -0.05) is 19.1 Å². The van der Waals surface area contributed by atoms with E-state index in [4.69, 9.17) is 0 Å². The number of aromatic amines is 1. The lowest BCUT2D eigenvalue weighted by Crippen LogP contribution is -2.26. The van der Waals surface area contributed by atoms with Crippen LogP contribution in [-0.4, -0.2) is 25.6 Å². The highest BCUT2D eigenvalue weighted by Crippen LogP contribution is 2.32. The van der Waals surface area contributed by atoms with Gasteiger partial charge in [-0.3, -0.25) is 4.79 Å². The number of amides is 1. The van der Waals surface area contributed by atoms with Crippen LogP contribution < -0.4 is 5.32 Å². The summed E-state index contributed by atoms with van der Waals surface area (Å²) in [5, 5.41) is 4.16. The molecule has 3 aromatic rings. The minimum absolute atomic E-state index is 0.134. The molecule has 0 saturated heterocycles. The van der Waals surface area contributed by atoms with E-state index in [1.165, 1.54) is 23.9 Å². The molecule has 2 aromatic carbocycles. The fourth-order valence-corrected chi connectivity index (χ4v) is 4.73. The summed E-state index contributed by atoms with van der Waals surface area (Å²) in [6, 6.07) is 12.2. The SMILES string of the molecule is C[C@@H]1CCc2[nH]c3ccc(C(=O)N[C@H](C)c4ccc(S(C)(=O)=O)cc4)cc3c2C1. The second kappa shape index (κ2) is 7.34. The fourth-order valence-electron chi connectivity index (χ4n) is 4.10. The van der Waals surface area contributed by atoms with Crippen molar-refractivity contribution in [2.24, 2.45) is 5.92 Å². The van der Waals surface area contributed by atoms with Crippen molar-refractivity contribution in [2.45, 2.75) is 44.0 Å². The average molecular weight is 411 g/mol. The van der Waals surface area contributed by atoms with Crippen molar-refractivity contribution in [1.29, 1.82) is 0 Å². The Bertz CT molecular complexity index is 1180. The molecule has 2 N–H and O–H groups in total.